The molecule has 0 saturated heterocycles. The molecule has 3 heterocycles. The zero-order valence-electron chi connectivity index (χ0n) is 18.5. The van der Waals surface area contributed by atoms with E-state index in [4.69, 9.17) is 4.98 Å². The van der Waals surface area contributed by atoms with Crippen LogP contribution in [0.15, 0.2) is 30.6 Å². The summed E-state index contributed by atoms with van der Waals surface area (Å²) in [5.74, 6) is 1.30. The standard InChI is InChI=1S/C25H25F2N5O/c1-12-14-3-5-15(6-4-14)21(12)29-23-17-7-8-32(13(2)33)25(17)31-24(30-23)19-11-28-22-18(19)9-16(26)10-20(22)27/h7-12,14-15,21,28H,3-6H2,1-2H3,(H,29,30,31)/t12-,14?,15?,21+/m0/s1. The number of halogens is 2. The van der Waals surface area contributed by atoms with E-state index in [1.54, 1.807) is 12.4 Å². The van der Waals surface area contributed by atoms with Crippen molar-refractivity contribution in [2.24, 2.45) is 17.8 Å². The number of aromatic amines is 1. The number of carbonyl (C=O) groups is 1. The molecule has 3 aromatic heterocycles. The number of H-pyrrole nitrogens is 1. The number of nitrogens with one attached hydrogen (secondary N) is 2. The largest absolute Gasteiger partial charge is 0.366 e. The van der Waals surface area contributed by atoms with Crippen LogP contribution in [0, 0.1) is 29.4 Å². The third kappa shape index (κ3) is 3.14. The lowest BCUT2D eigenvalue weighted by molar-refractivity contribution is 0.0928. The van der Waals surface area contributed by atoms with Crippen molar-refractivity contribution in [3.05, 3.63) is 42.2 Å². The van der Waals surface area contributed by atoms with Crippen LogP contribution < -0.4 is 5.32 Å². The minimum absolute atomic E-state index is 0.165. The Morgan fingerprint density at radius 1 is 1.12 bits per heavy atom. The summed E-state index contributed by atoms with van der Waals surface area (Å²) in [5, 5.41) is 4.82. The van der Waals surface area contributed by atoms with Crippen LogP contribution in [0.25, 0.3) is 33.3 Å². The van der Waals surface area contributed by atoms with Gasteiger partial charge in [0.15, 0.2) is 11.5 Å². The van der Waals surface area contributed by atoms with Crippen LogP contribution in [0.5, 0.6) is 0 Å². The lowest BCUT2D eigenvalue weighted by Crippen LogP contribution is -2.47. The van der Waals surface area contributed by atoms with Gasteiger partial charge in [-0.25, -0.2) is 18.7 Å². The van der Waals surface area contributed by atoms with E-state index in [2.05, 4.69) is 22.2 Å². The van der Waals surface area contributed by atoms with Gasteiger partial charge in [0.05, 0.1) is 10.9 Å². The second-order valence-electron chi connectivity index (χ2n) is 9.55. The zero-order valence-corrected chi connectivity index (χ0v) is 18.5. The maximum Gasteiger partial charge on any atom is 0.229 e. The van der Waals surface area contributed by atoms with Crippen LogP contribution in [0.1, 0.15) is 44.3 Å². The fourth-order valence-corrected chi connectivity index (χ4v) is 6.00. The van der Waals surface area contributed by atoms with Gasteiger partial charge in [-0.15, -0.1) is 0 Å². The van der Waals surface area contributed by atoms with Crippen LogP contribution >= 0.6 is 0 Å². The fraction of sp³-hybridized carbons (Fsp3) is 0.400. The number of hydrogen-bond acceptors (Lipinski definition) is 4. The molecule has 0 unspecified atom stereocenters. The number of aromatic nitrogens is 4. The first-order chi connectivity index (χ1) is 15.9. The molecule has 0 amide bonds. The van der Waals surface area contributed by atoms with E-state index < -0.39 is 11.6 Å². The van der Waals surface area contributed by atoms with Crippen molar-refractivity contribution in [2.75, 3.05) is 5.32 Å². The van der Waals surface area contributed by atoms with E-state index in [0.717, 1.165) is 11.5 Å². The molecule has 8 heteroatoms. The maximum atomic E-state index is 14.3. The van der Waals surface area contributed by atoms with Crippen LogP contribution in [-0.2, 0) is 0 Å². The Balaban J connectivity index is 1.52. The van der Waals surface area contributed by atoms with Gasteiger partial charge in [0, 0.05) is 42.4 Å². The molecule has 2 atom stereocenters. The Bertz CT molecular complexity index is 1400. The highest BCUT2D eigenvalue weighted by molar-refractivity contribution is 5.99. The Morgan fingerprint density at radius 3 is 2.61 bits per heavy atom. The number of hydrogen-bond donors (Lipinski definition) is 2. The highest BCUT2D eigenvalue weighted by atomic mass is 19.1. The van der Waals surface area contributed by atoms with E-state index in [1.807, 2.05) is 6.07 Å². The van der Waals surface area contributed by atoms with E-state index in [-0.39, 0.29) is 11.4 Å². The highest BCUT2D eigenvalue weighted by Crippen LogP contribution is 2.46. The first kappa shape index (κ1) is 20.3. The second-order valence-corrected chi connectivity index (χ2v) is 9.55. The van der Waals surface area contributed by atoms with Crippen LogP contribution in [0.2, 0.25) is 0 Å². The van der Waals surface area contributed by atoms with Gasteiger partial charge in [-0.05, 0) is 55.6 Å². The predicted octanol–water partition coefficient (Wildman–Crippen LogP) is 5.75. The third-order valence-corrected chi connectivity index (χ3v) is 7.77. The lowest BCUT2D eigenvalue weighted by atomic mass is 9.62. The SMILES string of the molecule is CC(=O)n1ccc2c(N[C@H]3C4CCC(CC4)[C@@H]3C)nc(-c3c[nH]c4c(F)cc(F)cc34)nc21. The summed E-state index contributed by atoms with van der Waals surface area (Å²) in [6.07, 6.45) is 8.27. The molecule has 0 spiro atoms. The van der Waals surface area contributed by atoms with Crippen molar-refractivity contribution in [1.82, 2.24) is 19.5 Å². The number of benzene rings is 1. The van der Waals surface area contributed by atoms with Crippen LogP contribution in [0.4, 0.5) is 14.6 Å². The molecule has 33 heavy (non-hydrogen) atoms. The van der Waals surface area contributed by atoms with Crippen molar-refractivity contribution >= 4 is 33.7 Å². The zero-order chi connectivity index (χ0) is 22.9. The summed E-state index contributed by atoms with van der Waals surface area (Å²) < 4.78 is 29.8. The Kier molecular flexibility index (Phi) is 4.54. The Labute approximate surface area is 189 Å². The third-order valence-electron chi connectivity index (χ3n) is 7.77. The molecule has 0 radical (unpaired) electrons. The van der Waals surface area contributed by atoms with Crippen LogP contribution in [0.3, 0.4) is 0 Å². The summed E-state index contributed by atoms with van der Waals surface area (Å²) in [5.41, 5.74) is 1.17. The first-order valence-electron chi connectivity index (χ1n) is 11.5. The quantitative estimate of drug-likeness (QED) is 0.417. The number of rotatable bonds is 3. The molecule has 3 fully saturated rings. The molecule has 2 bridgehead atoms. The van der Waals surface area contributed by atoms with Gasteiger partial charge in [0.25, 0.3) is 0 Å². The summed E-state index contributed by atoms with van der Waals surface area (Å²) in [4.78, 5) is 24.6. The monoisotopic (exact) mass is 449 g/mol. The van der Waals surface area contributed by atoms with Crippen molar-refractivity contribution < 1.29 is 13.6 Å². The smallest absolute Gasteiger partial charge is 0.229 e. The molecule has 1 aromatic carbocycles. The lowest BCUT2D eigenvalue weighted by Gasteiger charge is -2.47. The Hall–Kier alpha value is -3.29. The summed E-state index contributed by atoms with van der Waals surface area (Å²) in [6.45, 7) is 3.78. The fourth-order valence-electron chi connectivity index (χ4n) is 6.00. The summed E-state index contributed by atoms with van der Waals surface area (Å²) in [6, 6.07) is 4.27. The molecule has 0 aliphatic heterocycles. The molecular formula is C25H25F2N5O. The molecule has 3 saturated carbocycles. The van der Waals surface area contributed by atoms with E-state index in [9.17, 15) is 13.6 Å². The first-order valence-corrected chi connectivity index (χ1v) is 11.5. The molecular weight excluding hydrogens is 424 g/mol. The topological polar surface area (TPSA) is 75.6 Å². The molecule has 3 aliphatic carbocycles. The minimum Gasteiger partial charge on any atom is -0.366 e. The molecule has 7 rings (SSSR count). The molecule has 3 aliphatic rings. The normalized spacial score (nSPS) is 24.6. The van der Waals surface area contributed by atoms with E-state index >= 15 is 0 Å². The highest BCUT2D eigenvalue weighted by Gasteiger charge is 2.41. The van der Waals surface area contributed by atoms with Gasteiger partial charge in [-0.3, -0.25) is 9.36 Å². The van der Waals surface area contributed by atoms with E-state index in [0.29, 0.717) is 52.0 Å². The maximum absolute atomic E-state index is 14.3. The van der Waals surface area contributed by atoms with E-state index in [1.165, 1.54) is 43.2 Å². The van der Waals surface area contributed by atoms with Gasteiger partial charge in [0.1, 0.15) is 17.5 Å². The second kappa shape index (κ2) is 7.37. The predicted molar refractivity (Wildman–Crippen MR) is 123 cm³/mol. The van der Waals surface area contributed by atoms with Crippen molar-refractivity contribution in [2.45, 2.75) is 45.6 Å². The van der Waals surface area contributed by atoms with Crippen LogP contribution in [-0.4, -0.2) is 31.5 Å². The van der Waals surface area contributed by atoms with Gasteiger partial charge in [0.2, 0.25) is 5.91 Å². The number of anilines is 1. The van der Waals surface area contributed by atoms with Crippen molar-refractivity contribution in [3.8, 4) is 11.4 Å². The summed E-state index contributed by atoms with van der Waals surface area (Å²) >= 11 is 0. The molecule has 170 valence electrons. The molecule has 2 N–H and O–H groups in total. The van der Waals surface area contributed by atoms with Gasteiger partial charge in [-0.1, -0.05) is 6.92 Å². The number of fused-ring (bicyclic) bond motifs is 5. The molecule has 6 nitrogen and oxygen atoms in total. The number of nitrogens with zero attached hydrogens (tertiary/aromatic N) is 3. The Morgan fingerprint density at radius 2 is 1.88 bits per heavy atom. The average Bonchev–Trinajstić information content (AvgIpc) is 3.41. The van der Waals surface area contributed by atoms with Crippen molar-refractivity contribution in [3.63, 3.8) is 0 Å². The molecule has 4 aromatic rings. The van der Waals surface area contributed by atoms with Crippen molar-refractivity contribution in [1.29, 1.82) is 0 Å². The number of carbonyl (C=O) groups excluding carboxylic acids is 1. The summed E-state index contributed by atoms with van der Waals surface area (Å²) in [7, 11) is 0. The van der Waals surface area contributed by atoms with Gasteiger partial charge < -0.3 is 10.3 Å². The average molecular weight is 450 g/mol. The minimum atomic E-state index is -0.671. The van der Waals surface area contributed by atoms with Gasteiger partial charge in [-0.2, -0.15) is 0 Å². The van der Waals surface area contributed by atoms with Gasteiger partial charge >= 0.3 is 0 Å².